The van der Waals surface area contributed by atoms with E-state index in [-0.39, 0.29) is 0 Å². The summed E-state index contributed by atoms with van der Waals surface area (Å²) in [6.07, 6.45) is 0.706. The first-order valence-corrected chi connectivity index (χ1v) is 4.05. The molecule has 6 heavy (non-hydrogen) atoms. The van der Waals surface area contributed by atoms with E-state index in [9.17, 15) is 0 Å². The van der Waals surface area contributed by atoms with Gasteiger partial charge in [0.2, 0.25) is 8.83 Å². The molecule has 0 aliphatic rings. The van der Waals surface area contributed by atoms with E-state index in [0.29, 0.717) is 15.1 Å². The topological polar surface area (TPSA) is 9.23 Å². The van der Waals surface area contributed by atoms with Gasteiger partial charge in [0, 0.05) is 6.61 Å². The van der Waals surface area contributed by atoms with E-state index in [2.05, 4.69) is 0 Å². The monoisotopic (exact) mass is 122 g/mol. The van der Waals surface area contributed by atoms with Gasteiger partial charge < -0.3 is 4.74 Å². The van der Waals surface area contributed by atoms with Crippen LogP contribution < -0.4 is 0 Å². The fourth-order valence-electron chi connectivity index (χ4n) is 0.141. The molecule has 0 amide bonds. The second-order valence-electron chi connectivity index (χ2n) is 0.771. The van der Waals surface area contributed by atoms with Crippen molar-refractivity contribution in [2.75, 3.05) is 12.8 Å². The van der Waals surface area contributed by atoms with Crippen LogP contribution in [0.1, 0.15) is 6.92 Å². The third-order valence-electron chi connectivity index (χ3n) is 0.361. The summed E-state index contributed by atoms with van der Waals surface area (Å²) in [4.78, 5) is 0. The molecular formula is C3H7ClOSi. The molecule has 0 bridgehead atoms. The Labute approximate surface area is 45.2 Å². The van der Waals surface area contributed by atoms with E-state index in [0.717, 1.165) is 6.61 Å². The molecule has 36 valence electrons. The Balaban J connectivity index is 2.34. The van der Waals surface area contributed by atoms with E-state index in [1.165, 1.54) is 0 Å². The Morgan fingerprint density at radius 3 is 2.67 bits per heavy atom. The van der Waals surface area contributed by atoms with Crippen molar-refractivity contribution in [2.24, 2.45) is 0 Å². The lowest BCUT2D eigenvalue weighted by molar-refractivity contribution is 0.194. The van der Waals surface area contributed by atoms with Crippen molar-refractivity contribution in [3.63, 3.8) is 0 Å². The zero-order chi connectivity index (χ0) is 4.83. The van der Waals surface area contributed by atoms with E-state index in [1.807, 2.05) is 6.92 Å². The summed E-state index contributed by atoms with van der Waals surface area (Å²) >= 11 is 5.28. The molecule has 0 fully saturated rings. The van der Waals surface area contributed by atoms with Crippen LogP contribution in [-0.4, -0.2) is 21.7 Å². The highest BCUT2D eigenvalue weighted by Crippen LogP contribution is 1.71. The minimum atomic E-state index is 0.415. The summed E-state index contributed by atoms with van der Waals surface area (Å²) in [5.74, 6) is 0. The molecule has 0 rings (SSSR count). The summed E-state index contributed by atoms with van der Waals surface area (Å²) in [6.45, 7) is 2.73. The Hall–Kier alpha value is 0.467. The maximum absolute atomic E-state index is 5.28. The minimum absolute atomic E-state index is 0.415. The average Bonchev–Trinajstić information content (AvgIpc) is 1.61. The summed E-state index contributed by atoms with van der Waals surface area (Å²) in [5.41, 5.74) is 0. The van der Waals surface area contributed by atoms with E-state index >= 15 is 0 Å². The lowest BCUT2D eigenvalue weighted by Gasteiger charge is -1.89. The largest absolute Gasteiger partial charge is 0.384 e. The van der Waals surface area contributed by atoms with Gasteiger partial charge in [-0.15, -0.1) is 0 Å². The Kier molecular flexibility index (Phi) is 5.89. The molecule has 0 saturated heterocycles. The van der Waals surface area contributed by atoms with Crippen LogP contribution in [0.15, 0.2) is 0 Å². The Bertz CT molecular complexity index is 22.8. The normalized spacial score (nSPS) is 9.00. The molecule has 0 spiro atoms. The lowest BCUT2D eigenvalue weighted by Crippen LogP contribution is -1.95. The summed E-state index contributed by atoms with van der Waals surface area (Å²) in [5, 5.41) is 0. The number of hydrogen-bond donors (Lipinski definition) is 0. The third-order valence-corrected chi connectivity index (χ3v) is 1.00. The molecule has 0 aliphatic heterocycles. The van der Waals surface area contributed by atoms with Gasteiger partial charge in [0.1, 0.15) is 0 Å². The maximum Gasteiger partial charge on any atom is 0.202 e. The first kappa shape index (κ1) is 6.47. The lowest BCUT2D eigenvalue weighted by atomic mass is 10.9. The highest BCUT2D eigenvalue weighted by atomic mass is 35.6. The van der Waals surface area contributed by atoms with Crippen molar-refractivity contribution < 1.29 is 4.74 Å². The molecule has 0 aromatic rings. The number of halogens is 1. The molecule has 0 heterocycles. The zero-order valence-corrected chi connectivity index (χ0v) is 5.46. The van der Waals surface area contributed by atoms with Crippen LogP contribution in [0.25, 0.3) is 0 Å². The highest BCUT2D eigenvalue weighted by molar-refractivity contribution is 6.93. The standard InChI is InChI=1S/C3H7ClOSi/c1-2-5-3-6-4/h2-3H2,1H3. The van der Waals surface area contributed by atoms with Crippen LogP contribution in [0.3, 0.4) is 0 Å². The quantitative estimate of drug-likeness (QED) is 0.306. The first-order chi connectivity index (χ1) is 2.91. The van der Waals surface area contributed by atoms with Crippen molar-refractivity contribution in [3.05, 3.63) is 0 Å². The van der Waals surface area contributed by atoms with Gasteiger partial charge in [0.25, 0.3) is 0 Å². The molecule has 0 atom stereocenters. The van der Waals surface area contributed by atoms with Gasteiger partial charge in [-0.3, -0.25) is 0 Å². The molecule has 0 saturated carbocycles. The Morgan fingerprint density at radius 1 is 1.83 bits per heavy atom. The van der Waals surface area contributed by atoms with Crippen molar-refractivity contribution in [1.82, 2.24) is 0 Å². The molecule has 0 aliphatic carbocycles. The fourth-order valence-corrected chi connectivity index (χ4v) is 0.653. The van der Waals surface area contributed by atoms with Crippen LogP contribution in [0.4, 0.5) is 0 Å². The molecule has 3 heteroatoms. The van der Waals surface area contributed by atoms with Crippen molar-refractivity contribution in [1.29, 1.82) is 0 Å². The van der Waals surface area contributed by atoms with E-state index < -0.39 is 0 Å². The Morgan fingerprint density at radius 2 is 2.50 bits per heavy atom. The fraction of sp³-hybridized carbons (Fsp3) is 1.00. The predicted molar refractivity (Wildman–Crippen MR) is 28.1 cm³/mol. The van der Waals surface area contributed by atoms with Gasteiger partial charge in [0.15, 0.2) is 0 Å². The van der Waals surface area contributed by atoms with Crippen molar-refractivity contribution in [2.45, 2.75) is 6.92 Å². The zero-order valence-electron chi connectivity index (χ0n) is 3.70. The van der Waals surface area contributed by atoms with E-state index in [4.69, 9.17) is 15.8 Å². The smallest absolute Gasteiger partial charge is 0.202 e. The summed E-state index contributed by atoms with van der Waals surface area (Å²) in [7, 11) is 0.415. The van der Waals surface area contributed by atoms with Gasteiger partial charge in [0.05, 0.1) is 6.23 Å². The summed E-state index contributed by atoms with van der Waals surface area (Å²) < 4.78 is 4.86. The number of hydrogen-bond acceptors (Lipinski definition) is 1. The average molecular weight is 123 g/mol. The van der Waals surface area contributed by atoms with E-state index in [1.54, 1.807) is 0 Å². The SMILES string of the molecule is CCOC[Si]Cl. The molecule has 1 nitrogen and oxygen atoms in total. The minimum Gasteiger partial charge on any atom is -0.384 e. The molecular weight excluding hydrogens is 116 g/mol. The molecule has 2 radical (unpaired) electrons. The molecule has 0 unspecified atom stereocenters. The number of ether oxygens (including phenoxy) is 1. The second kappa shape index (κ2) is 5.47. The highest BCUT2D eigenvalue weighted by Gasteiger charge is 1.77. The van der Waals surface area contributed by atoms with Gasteiger partial charge in [-0.05, 0) is 6.92 Å². The summed E-state index contributed by atoms with van der Waals surface area (Å²) in [6, 6.07) is 0. The first-order valence-electron chi connectivity index (χ1n) is 1.83. The second-order valence-corrected chi connectivity index (χ2v) is 2.13. The van der Waals surface area contributed by atoms with Crippen LogP contribution in [0.5, 0.6) is 0 Å². The molecule has 0 aromatic heterocycles. The maximum atomic E-state index is 5.28. The van der Waals surface area contributed by atoms with Crippen LogP contribution >= 0.6 is 11.1 Å². The molecule has 0 N–H and O–H groups in total. The van der Waals surface area contributed by atoms with Crippen LogP contribution in [0.2, 0.25) is 0 Å². The van der Waals surface area contributed by atoms with Crippen LogP contribution in [0, 0.1) is 0 Å². The van der Waals surface area contributed by atoms with Gasteiger partial charge in [-0.2, -0.15) is 11.1 Å². The van der Waals surface area contributed by atoms with Gasteiger partial charge in [-0.1, -0.05) is 0 Å². The predicted octanol–water partition coefficient (Wildman–Crippen LogP) is 0.838. The van der Waals surface area contributed by atoms with Gasteiger partial charge >= 0.3 is 0 Å². The number of rotatable bonds is 3. The van der Waals surface area contributed by atoms with Crippen molar-refractivity contribution in [3.8, 4) is 0 Å². The molecule has 0 aromatic carbocycles. The van der Waals surface area contributed by atoms with Gasteiger partial charge in [-0.25, -0.2) is 0 Å². The van der Waals surface area contributed by atoms with Crippen molar-refractivity contribution >= 4 is 19.9 Å². The van der Waals surface area contributed by atoms with Crippen LogP contribution in [-0.2, 0) is 4.74 Å². The third kappa shape index (κ3) is 4.47.